The molecule has 4 rings (SSSR count). The van der Waals surface area contributed by atoms with Gasteiger partial charge in [-0.05, 0) is 19.9 Å². The van der Waals surface area contributed by atoms with Crippen LogP contribution in [0.4, 0.5) is 5.69 Å². The summed E-state index contributed by atoms with van der Waals surface area (Å²) in [6.07, 6.45) is -1.26. The molecular weight excluding hydrogens is 454 g/mol. The van der Waals surface area contributed by atoms with Gasteiger partial charge in [-0.2, -0.15) is 0 Å². The first-order chi connectivity index (χ1) is 16.7. The molecule has 3 amide bonds. The molecule has 0 bridgehead atoms. The maximum absolute atomic E-state index is 13.1. The topological polar surface area (TPSA) is 130 Å². The minimum Gasteiger partial charge on any atom is -0.451 e. The van der Waals surface area contributed by atoms with Crippen molar-refractivity contribution in [2.75, 3.05) is 31.5 Å². The number of hydrogen-bond donors (Lipinski definition) is 1. The number of hydrogen-bond acceptors (Lipinski definition) is 7. The van der Waals surface area contributed by atoms with Crippen LogP contribution in [0.3, 0.4) is 0 Å². The zero-order chi connectivity index (χ0) is 25.3. The van der Waals surface area contributed by atoms with Gasteiger partial charge in [-0.3, -0.25) is 28.8 Å². The Hall–Kier alpha value is -4.34. The lowest BCUT2D eigenvalue weighted by atomic mass is 9.83. The molecule has 0 unspecified atom stereocenters. The minimum absolute atomic E-state index is 0.0704. The van der Waals surface area contributed by atoms with Crippen molar-refractivity contribution in [3.63, 3.8) is 0 Å². The maximum Gasteiger partial charge on any atom is 0.326 e. The van der Waals surface area contributed by atoms with Gasteiger partial charge in [0.1, 0.15) is 6.54 Å². The van der Waals surface area contributed by atoms with E-state index in [1.807, 2.05) is 0 Å². The number of fused-ring (bicyclic) bond motifs is 2. The maximum atomic E-state index is 13.1. The molecule has 0 saturated carbocycles. The standard InChI is InChI=1S/C25H23N3O7/c1-3-27-11-12-28(25(34)24(27)33)13-19(29)35-14(2)23(32)26-18-10-6-9-17-20(18)22(31)16-8-5-4-7-15(16)21(17)30/h4-10,14H,3,11-13H2,1-2H3,(H,26,32)/t14-/m0/s1. The molecule has 2 aromatic carbocycles. The second-order valence-electron chi connectivity index (χ2n) is 8.16. The van der Waals surface area contributed by atoms with E-state index in [4.69, 9.17) is 4.74 Å². The number of carbonyl (C=O) groups excluding carboxylic acids is 6. The molecule has 1 aliphatic carbocycles. The molecule has 10 nitrogen and oxygen atoms in total. The molecule has 180 valence electrons. The molecule has 1 heterocycles. The van der Waals surface area contributed by atoms with Crippen molar-refractivity contribution >= 4 is 40.9 Å². The number of benzene rings is 2. The average molecular weight is 477 g/mol. The van der Waals surface area contributed by atoms with Gasteiger partial charge >= 0.3 is 17.8 Å². The van der Waals surface area contributed by atoms with Gasteiger partial charge in [-0.25, -0.2) is 0 Å². The largest absolute Gasteiger partial charge is 0.451 e. The monoisotopic (exact) mass is 477 g/mol. The normalized spacial score (nSPS) is 15.9. The summed E-state index contributed by atoms with van der Waals surface area (Å²) < 4.78 is 5.15. The van der Waals surface area contributed by atoms with E-state index >= 15 is 0 Å². The SMILES string of the molecule is CCN1CCN(CC(=O)O[C@@H](C)C(=O)Nc2cccc3c2C(=O)c2ccccc2C3=O)C(=O)C1=O. The Morgan fingerprint density at radius 3 is 2.17 bits per heavy atom. The number of ketones is 2. The Labute approximate surface area is 200 Å². The summed E-state index contributed by atoms with van der Waals surface area (Å²) in [7, 11) is 0. The predicted octanol–water partition coefficient (Wildman–Crippen LogP) is 1.02. The van der Waals surface area contributed by atoms with Crippen LogP contribution in [0.5, 0.6) is 0 Å². The van der Waals surface area contributed by atoms with Gasteiger partial charge in [-0.1, -0.05) is 36.4 Å². The number of likely N-dealkylation sites (N-methyl/N-ethyl adjacent to an activating group) is 1. The zero-order valence-electron chi connectivity index (χ0n) is 19.2. The van der Waals surface area contributed by atoms with Crippen molar-refractivity contribution in [3.8, 4) is 0 Å². The average Bonchev–Trinajstić information content (AvgIpc) is 2.85. The number of carbonyl (C=O) groups is 6. The smallest absolute Gasteiger partial charge is 0.326 e. The summed E-state index contributed by atoms with van der Waals surface area (Å²) in [5.74, 6) is -3.78. The number of amides is 3. The van der Waals surface area contributed by atoms with E-state index in [1.54, 1.807) is 37.3 Å². The summed E-state index contributed by atoms with van der Waals surface area (Å²) in [6, 6.07) is 11.0. The second-order valence-corrected chi connectivity index (χ2v) is 8.16. The van der Waals surface area contributed by atoms with Crippen molar-refractivity contribution in [3.05, 3.63) is 64.7 Å². The molecule has 0 aromatic heterocycles. The van der Waals surface area contributed by atoms with Crippen LogP contribution in [-0.2, 0) is 23.9 Å². The number of piperazine rings is 1. The van der Waals surface area contributed by atoms with Gasteiger partial charge in [0.05, 0.1) is 11.3 Å². The lowest BCUT2D eigenvalue weighted by Gasteiger charge is -2.32. The van der Waals surface area contributed by atoms with Crippen molar-refractivity contribution < 1.29 is 33.5 Å². The van der Waals surface area contributed by atoms with E-state index < -0.39 is 42.1 Å². The summed E-state index contributed by atoms with van der Waals surface area (Å²) in [5.41, 5.74) is 0.906. The Bertz CT molecular complexity index is 1270. The summed E-state index contributed by atoms with van der Waals surface area (Å²) in [6.45, 7) is 3.50. The van der Waals surface area contributed by atoms with Gasteiger partial charge in [0, 0.05) is 36.3 Å². The Morgan fingerprint density at radius 1 is 0.886 bits per heavy atom. The van der Waals surface area contributed by atoms with Crippen LogP contribution in [0, 0.1) is 0 Å². The molecule has 35 heavy (non-hydrogen) atoms. The van der Waals surface area contributed by atoms with Gasteiger partial charge in [0.15, 0.2) is 17.7 Å². The van der Waals surface area contributed by atoms with Crippen LogP contribution in [0.2, 0.25) is 0 Å². The first-order valence-electron chi connectivity index (χ1n) is 11.1. The number of nitrogens with one attached hydrogen (secondary N) is 1. The molecule has 1 atom stereocenters. The highest BCUT2D eigenvalue weighted by molar-refractivity contribution is 6.35. The zero-order valence-corrected chi connectivity index (χ0v) is 19.2. The first kappa shape index (κ1) is 23.8. The number of anilines is 1. The molecule has 0 radical (unpaired) electrons. The lowest BCUT2D eigenvalue weighted by molar-refractivity contribution is -0.162. The van der Waals surface area contributed by atoms with Gasteiger partial charge < -0.3 is 19.9 Å². The quantitative estimate of drug-likeness (QED) is 0.414. The van der Waals surface area contributed by atoms with Crippen LogP contribution in [0.15, 0.2) is 42.5 Å². The molecule has 0 spiro atoms. The van der Waals surface area contributed by atoms with Crippen molar-refractivity contribution in [2.45, 2.75) is 20.0 Å². The van der Waals surface area contributed by atoms with E-state index in [9.17, 15) is 28.8 Å². The molecule has 2 aromatic rings. The lowest BCUT2D eigenvalue weighted by Crippen LogP contribution is -2.55. The number of rotatable bonds is 6. The highest BCUT2D eigenvalue weighted by Crippen LogP contribution is 2.32. The predicted molar refractivity (Wildman–Crippen MR) is 123 cm³/mol. The van der Waals surface area contributed by atoms with Crippen LogP contribution in [0.25, 0.3) is 0 Å². The molecule has 2 aliphatic rings. The van der Waals surface area contributed by atoms with Crippen molar-refractivity contribution in [1.82, 2.24) is 9.80 Å². The fourth-order valence-corrected chi connectivity index (χ4v) is 4.09. The van der Waals surface area contributed by atoms with Gasteiger partial charge in [0.25, 0.3) is 5.91 Å². The fourth-order valence-electron chi connectivity index (χ4n) is 4.09. The molecule has 1 saturated heterocycles. The molecule has 1 N–H and O–H groups in total. The van der Waals surface area contributed by atoms with Crippen molar-refractivity contribution in [2.24, 2.45) is 0 Å². The van der Waals surface area contributed by atoms with E-state index in [2.05, 4.69) is 5.32 Å². The Balaban J connectivity index is 1.43. The Morgan fingerprint density at radius 2 is 1.49 bits per heavy atom. The Kier molecular flexibility index (Phi) is 6.46. The second kappa shape index (κ2) is 9.49. The third-order valence-corrected chi connectivity index (χ3v) is 5.99. The summed E-state index contributed by atoms with van der Waals surface area (Å²) in [5, 5.41) is 2.56. The number of nitrogens with zero attached hydrogens (tertiary/aromatic N) is 2. The van der Waals surface area contributed by atoms with Crippen LogP contribution >= 0.6 is 0 Å². The third-order valence-electron chi connectivity index (χ3n) is 5.99. The molecule has 1 fully saturated rings. The highest BCUT2D eigenvalue weighted by atomic mass is 16.5. The van der Waals surface area contributed by atoms with E-state index in [1.165, 1.54) is 24.0 Å². The van der Waals surface area contributed by atoms with E-state index in [0.717, 1.165) is 4.90 Å². The first-order valence-corrected chi connectivity index (χ1v) is 11.1. The molecule has 1 aliphatic heterocycles. The van der Waals surface area contributed by atoms with Gasteiger partial charge in [0.2, 0.25) is 0 Å². The minimum atomic E-state index is -1.26. The van der Waals surface area contributed by atoms with Crippen LogP contribution in [0.1, 0.15) is 45.7 Å². The number of ether oxygens (including phenoxy) is 1. The fraction of sp³-hybridized carbons (Fsp3) is 0.280. The van der Waals surface area contributed by atoms with E-state index in [0.29, 0.717) is 18.7 Å². The van der Waals surface area contributed by atoms with Crippen LogP contribution in [-0.4, -0.2) is 77.3 Å². The molecule has 10 heteroatoms. The highest BCUT2D eigenvalue weighted by Gasteiger charge is 2.34. The third kappa shape index (κ3) is 4.42. The molecular formula is C25H23N3O7. The summed E-state index contributed by atoms with van der Waals surface area (Å²) >= 11 is 0. The summed E-state index contributed by atoms with van der Waals surface area (Å²) in [4.78, 5) is 77.6. The number of esters is 1. The van der Waals surface area contributed by atoms with E-state index in [-0.39, 0.29) is 34.7 Å². The van der Waals surface area contributed by atoms with Gasteiger partial charge in [-0.15, -0.1) is 0 Å². The van der Waals surface area contributed by atoms with Crippen LogP contribution < -0.4 is 5.32 Å². The van der Waals surface area contributed by atoms with Crippen molar-refractivity contribution in [1.29, 1.82) is 0 Å².